The number of alkyl halides is 6. The lowest BCUT2D eigenvalue weighted by molar-refractivity contribution is -0.137. The third-order valence-corrected chi connectivity index (χ3v) is 3.82. The Labute approximate surface area is 169 Å². The fourth-order valence-corrected chi connectivity index (χ4v) is 2.43. The van der Waals surface area contributed by atoms with E-state index in [1.165, 1.54) is 12.1 Å². The van der Waals surface area contributed by atoms with E-state index in [2.05, 4.69) is 16.0 Å². The summed E-state index contributed by atoms with van der Waals surface area (Å²) in [5.41, 5.74) is -0.748. The molecular formula is C15H17Cl3F3N3OS. The molecule has 0 saturated heterocycles. The number of carbonyl (C=O) groups is 1. The summed E-state index contributed by atoms with van der Waals surface area (Å²) < 4.78 is 36.3. The van der Waals surface area contributed by atoms with Crippen molar-refractivity contribution in [3.63, 3.8) is 0 Å². The van der Waals surface area contributed by atoms with Gasteiger partial charge in [-0.15, -0.1) is 0 Å². The molecule has 26 heavy (non-hydrogen) atoms. The van der Waals surface area contributed by atoms with Gasteiger partial charge in [0.05, 0.1) is 5.56 Å². The first-order valence-corrected chi connectivity index (χ1v) is 8.94. The largest absolute Gasteiger partial charge is 0.416 e. The molecule has 1 rings (SSSR count). The van der Waals surface area contributed by atoms with Gasteiger partial charge in [0.2, 0.25) is 9.70 Å². The van der Waals surface area contributed by atoms with Gasteiger partial charge in [-0.2, -0.15) is 13.2 Å². The summed E-state index contributed by atoms with van der Waals surface area (Å²) in [6.45, 7) is 3.69. The van der Waals surface area contributed by atoms with Crippen LogP contribution in [0, 0.1) is 5.92 Å². The van der Waals surface area contributed by atoms with Gasteiger partial charge >= 0.3 is 6.18 Å². The number of nitrogens with one attached hydrogen (secondary N) is 3. The van der Waals surface area contributed by atoms with Crippen molar-refractivity contribution in [2.45, 2.75) is 36.4 Å². The van der Waals surface area contributed by atoms with Gasteiger partial charge in [-0.25, -0.2) is 0 Å². The summed E-state index contributed by atoms with van der Waals surface area (Å²) in [7, 11) is 0. The first kappa shape index (κ1) is 23.1. The fourth-order valence-electron chi connectivity index (χ4n) is 1.86. The number of anilines is 1. The Bertz CT molecular complexity index is 651. The van der Waals surface area contributed by atoms with E-state index in [9.17, 15) is 18.0 Å². The van der Waals surface area contributed by atoms with Crippen LogP contribution in [0.25, 0.3) is 0 Å². The van der Waals surface area contributed by atoms with E-state index >= 15 is 0 Å². The van der Waals surface area contributed by atoms with Crippen LogP contribution in [0.15, 0.2) is 24.3 Å². The minimum absolute atomic E-state index is 0.0845. The summed E-state index contributed by atoms with van der Waals surface area (Å²) in [6, 6.07) is 4.43. The van der Waals surface area contributed by atoms with Gasteiger partial charge in [0.15, 0.2) is 5.11 Å². The molecule has 4 nitrogen and oxygen atoms in total. The smallest absolute Gasteiger partial charge is 0.339 e. The second-order valence-corrected chi connectivity index (χ2v) is 8.59. The molecule has 1 aromatic rings. The van der Waals surface area contributed by atoms with Crippen molar-refractivity contribution >= 4 is 63.7 Å². The molecule has 0 aromatic heterocycles. The monoisotopic (exact) mass is 449 g/mol. The molecule has 1 amide bonds. The van der Waals surface area contributed by atoms with Crippen molar-refractivity contribution in [1.29, 1.82) is 0 Å². The molecule has 1 atom stereocenters. The van der Waals surface area contributed by atoms with Gasteiger partial charge in [-0.05, 0) is 36.3 Å². The van der Waals surface area contributed by atoms with E-state index < -0.39 is 21.7 Å². The van der Waals surface area contributed by atoms with Crippen LogP contribution in [0.2, 0.25) is 0 Å². The van der Waals surface area contributed by atoms with E-state index in [1.807, 2.05) is 13.8 Å². The van der Waals surface area contributed by atoms with Crippen molar-refractivity contribution in [2.24, 2.45) is 5.92 Å². The maximum Gasteiger partial charge on any atom is 0.416 e. The zero-order valence-electron chi connectivity index (χ0n) is 13.8. The van der Waals surface area contributed by atoms with Crippen LogP contribution < -0.4 is 16.0 Å². The Balaban J connectivity index is 2.80. The van der Waals surface area contributed by atoms with Crippen LogP contribution in [0.1, 0.15) is 25.8 Å². The van der Waals surface area contributed by atoms with Crippen molar-refractivity contribution in [2.75, 3.05) is 5.32 Å². The number of carbonyl (C=O) groups excluding carboxylic acids is 1. The van der Waals surface area contributed by atoms with Crippen molar-refractivity contribution in [3.05, 3.63) is 29.8 Å². The Hall–Kier alpha value is -0.960. The maximum absolute atomic E-state index is 12.7. The predicted molar refractivity (Wildman–Crippen MR) is 102 cm³/mol. The minimum Gasteiger partial charge on any atom is -0.339 e. The molecule has 0 bridgehead atoms. The number of hydrogen-bond donors (Lipinski definition) is 3. The standard InChI is InChI=1S/C15H17Cl3F3N3OS/c1-8(2)6-11(25)23-12(14(16,17)18)24-13(26)22-10-5-3-4-9(7-10)15(19,20)21/h3-5,7-8,12H,6H2,1-2H3,(H,23,25)(H2,22,24,26). The van der Waals surface area contributed by atoms with Crippen molar-refractivity contribution in [1.82, 2.24) is 10.6 Å². The number of hydrogen-bond acceptors (Lipinski definition) is 2. The van der Waals surface area contributed by atoms with Crippen LogP contribution in [-0.2, 0) is 11.0 Å². The van der Waals surface area contributed by atoms with E-state index in [4.69, 9.17) is 47.0 Å². The molecule has 0 aliphatic heterocycles. The predicted octanol–water partition coefficient (Wildman–Crippen LogP) is 4.85. The molecule has 0 radical (unpaired) electrons. The Kier molecular flexibility index (Phi) is 8.26. The first-order chi connectivity index (χ1) is 11.8. The molecule has 11 heteroatoms. The number of halogens is 6. The molecule has 1 aromatic carbocycles. The lowest BCUT2D eigenvalue weighted by Crippen LogP contribution is -2.56. The number of amides is 1. The van der Waals surface area contributed by atoms with E-state index in [1.54, 1.807) is 0 Å². The van der Waals surface area contributed by atoms with Gasteiger partial charge in [0.25, 0.3) is 0 Å². The quantitative estimate of drug-likeness (QED) is 0.341. The lowest BCUT2D eigenvalue weighted by atomic mass is 10.1. The highest BCUT2D eigenvalue weighted by molar-refractivity contribution is 7.80. The number of rotatable bonds is 5. The van der Waals surface area contributed by atoms with Crippen molar-refractivity contribution < 1.29 is 18.0 Å². The minimum atomic E-state index is -4.49. The summed E-state index contributed by atoms with van der Waals surface area (Å²) in [5.74, 6) is -0.285. The highest BCUT2D eigenvalue weighted by Gasteiger charge is 2.35. The van der Waals surface area contributed by atoms with Crippen LogP contribution in [-0.4, -0.2) is 21.0 Å². The zero-order chi connectivity index (χ0) is 20.1. The number of thiocarbonyl (C=S) groups is 1. The average Bonchev–Trinajstić information content (AvgIpc) is 2.44. The summed E-state index contributed by atoms with van der Waals surface area (Å²) in [4.78, 5) is 11.9. The topological polar surface area (TPSA) is 53.2 Å². The maximum atomic E-state index is 12.7. The van der Waals surface area contributed by atoms with Crippen LogP contribution in [0.5, 0.6) is 0 Å². The fraction of sp³-hybridized carbons (Fsp3) is 0.467. The first-order valence-electron chi connectivity index (χ1n) is 7.40. The highest BCUT2D eigenvalue weighted by Crippen LogP contribution is 2.31. The third-order valence-electron chi connectivity index (χ3n) is 2.95. The Morgan fingerprint density at radius 1 is 1.19 bits per heavy atom. The molecule has 0 fully saturated rings. The van der Waals surface area contributed by atoms with Gasteiger partial charge in [-0.3, -0.25) is 4.79 Å². The van der Waals surface area contributed by atoms with E-state index in [0.29, 0.717) is 0 Å². The SMILES string of the molecule is CC(C)CC(=O)NC(NC(=S)Nc1cccc(C(F)(F)F)c1)C(Cl)(Cl)Cl. The van der Waals surface area contributed by atoms with Gasteiger partial charge in [0, 0.05) is 12.1 Å². The van der Waals surface area contributed by atoms with Crippen LogP contribution >= 0.6 is 47.0 Å². The normalized spacial score (nSPS) is 13.3. The molecule has 0 saturated carbocycles. The third kappa shape index (κ3) is 8.16. The summed E-state index contributed by atoms with van der Waals surface area (Å²) >= 11 is 22.5. The molecule has 0 spiro atoms. The molecule has 0 aliphatic carbocycles. The molecular weight excluding hydrogens is 434 g/mol. The van der Waals surface area contributed by atoms with E-state index in [0.717, 1.165) is 12.1 Å². The van der Waals surface area contributed by atoms with Crippen molar-refractivity contribution in [3.8, 4) is 0 Å². The Morgan fingerprint density at radius 3 is 2.31 bits per heavy atom. The van der Waals surface area contributed by atoms with E-state index in [-0.39, 0.29) is 29.0 Å². The second-order valence-electron chi connectivity index (χ2n) is 5.82. The molecule has 146 valence electrons. The molecule has 3 N–H and O–H groups in total. The van der Waals surface area contributed by atoms with Crippen LogP contribution in [0.4, 0.5) is 18.9 Å². The summed E-state index contributed by atoms with van der Waals surface area (Å²) in [6.07, 6.45) is -5.46. The van der Waals surface area contributed by atoms with Gasteiger partial charge in [0.1, 0.15) is 6.17 Å². The molecule has 0 aliphatic rings. The Morgan fingerprint density at radius 2 is 1.81 bits per heavy atom. The van der Waals surface area contributed by atoms with Crippen LogP contribution in [0.3, 0.4) is 0 Å². The zero-order valence-corrected chi connectivity index (χ0v) is 16.8. The summed E-state index contributed by atoms with van der Waals surface area (Å²) in [5, 5.41) is 7.51. The van der Waals surface area contributed by atoms with Gasteiger partial charge < -0.3 is 16.0 Å². The lowest BCUT2D eigenvalue weighted by Gasteiger charge is -2.28. The van der Waals surface area contributed by atoms with Gasteiger partial charge in [-0.1, -0.05) is 54.7 Å². The second kappa shape index (κ2) is 9.30. The highest BCUT2D eigenvalue weighted by atomic mass is 35.6. The molecule has 0 heterocycles. The number of benzene rings is 1. The molecule has 1 unspecified atom stereocenters. The average molecular weight is 451 g/mol.